The minimum absolute atomic E-state index is 0.595. The monoisotopic (exact) mass is 883 g/mol. The highest BCUT2D eigenvalue weighted by Gasteiger charge is 2.22. The van der Waals surface area contributed by atoms with Crippen LogP contribution in [0.3, 0.4) is 0 Å². The van der Waals surface area contributed by atoms with Crippen LogP contribution in [0.25, 0.3) is 118 Å². The lowest BCUT2D eigenvalue weighted by atomic mass is 9.99. The Morgan fingerprint density at radius 3 is 1.01 bits per heavy atom. The van der Waals surface area contributed by atoms with Crippen LogP contribution in [0.5, 0.6) is 0 Å². The van der Waals surface area contributed by atoms with Gasteiger partial charge < -0.3 is 4.57 Å². The summed E-state index contributed by atoms with van der Waals surface area (Å²) in [6.07, 6.45) is 0. The summed E-state index contributed by atoms with van der Waals surface area (Å²) in [5.74, 6) is 1.20. The molecule has 3 heterocycles. The van der Waals surface area contributed by atoms with Gasteiger partial charge in [0.2, 0.25) is 0 Å². The number of fused-ring (bicyclic) bond motifs is 3. The number of hydrogen-bond acceptors (Lipinski definition) is 4. The van der Waals surface area contributed by atoms with E-state index >= 15 is 0 Å². The van der Waals surface area contributed by atoms with Gasteiger partial charge in [0.05, 0.1) is 39.5 Å². The lowest BCUT2D eigenvalue weighted by Crippen LogP contribution is -2.03. The summed E-state index contributed by atoms with van der Waals surface area (Å²) >= 11 is 0. The highest BCUT2D eigenvalue weighted by molar-refractivity contribution is 6.12. The average molecular weight is 884 g/mol. The number of aromatic nitrogens is 5. The van der Waals surface area contributed by atoms with Crippen molar-refractivity contribution in [1.82, 2.24) is 24.5 Å². The van der Waals surface area contributed by atoms with Crippen molar-refractivity contribution in [1.29, 1.82) is 0 Å². The van der Waals surface area contributed by atoms with Crippen LogP contribution in [0, 0.1) is 13.8 Å². The second-order valence-electron chi connectivity index (χ2n) is 17.7. The van der Waals surface area contributed by atoms with Crippen LogP contribution in [0.4, 0.5) is 0 Å². The highest BCUT2D eigenvalue weighted by atomic mass is 15.0. The fraction of sp³-hybridized carbons (Fsp3) is 0.0312. The maximum Gasteiger partial charge on any atom is 0.162 e. The summed E-state index contributed by atoms with van der Waals surface area (Å²) in [5.41, 5.74) is 19.3. The summed E-state index contributed by atoms with van der Waals surface area (Å²) in [6.45, 7) is 4.26. The van der Waals surface area contributed by atoms with Crippen molar-refractivity contribution in [3.63, 3.8) is 0 Å². The first-order valence-corrected chi connectivity index (χ1v) is 23.4. The predicted molar refractivity (Wildman–Crippen MR) is 285 cm³/mol. The highest BCUT2D eigenvalue weighted by Crippen LogP contribution is 2.41. The van der Waals surface area contributed by atoms with Crippen LogP contribution in [0.2, 0.25) is 0 Å². The molecule has 0 aliphatic heterocycles. The van der Waals surface area contributed by atoms with E-state index in [4.69, 9.17) is 19.9 Å². The fourth-order valence-corrected chi connectivity index (χ4v) is 9.35. The molecule has 3 aromatic heterocycles. The minimum atomic E-state index is 0.595. The summed E-state index contributed by atoms with van der Waals surface area (Å²) in [7, 11) is 0. The molecule has 69 heavy (non-hydrogen) atoms. The van der Waals surface area contributed by atoms with Gasteiger partial charge in [0, 0.05) is 44.2 Å². The number of nitrogens with zero attached hydrogens (tertiary/aromatic N) is 5. The van der Waals surface area contributed by atoms with Crippen LogP contribution in [-0.2, 0) is 0 Å². The quantitative estimate of drug-likeness (QED) is 0.145. The predicted octanol–water partition coefficient (Wildman–Crippen LogP) is 16.3. The van der Waals surface area contributed by atoms with Crippen LogP contribution in [-0.4, -0.2) is 24.5 Å². The van der Waals surface area contributed by atoms with E-state index in [1.807, 2.05) is 48.5 Å². The summed E-state index contributed by atoms with van der Waals surface area (Å²) in [6, 6.07) is 83.4. The van der Waals surface area contributed by atoms with Crippen molar-refractivity contribution in [2.75, 3.05) is 0 Å². The molecule has 326 valence electrons. The number of aryl methyl sites for hydroxylation is 2. The van der Waals surface area contributed by atoms with Crippen molar-refractivity contribution in [3.8, 4) is 95.7 Å². The first-order chi connectivity index (χ1) is 34.0. The van der Waals surface area contributed by atoms with Gasteiger partial charge >= 0.3 is 0 Å². The van der Waals surface area contributed by atoms with E-state index in [1.165, 1.54) is 22.3 Å². The van der Waals surface area contributed by atoms with Gasteiger partial charge in [-0.2, -0.15) is 0 Å². The zero-order chi connectivity index (χ0) is 46.3. The van der Waals surface area contributed by atoms with Crippen LogP contribution < -0.4 is 0 Å². The summed E-state index contributed by atoms with van der Waals surface area (Å²) in [4.78, 5) is 21.5. The fourth-order valence-electron chi connectivity index (χ4n) is 9.35. The Kier molecular flexibility index (Phi) is 10.6. The largest absolute Gasteiger partial charge is 0.308 e. The first-order valence-electron chi connectivity index (χ1n) is 23.4. The molecule has 0 aliphatic rings. The Hall–Kier alpha value is -9.06. The smallest absolute Gasteiger partial charge is 0.162 e. The van der Waals surface area contributed by atoms with Gasteiger partial charge in [-0.15, -0.1) is 0 Å². The number of hydrogen-bond donors (Lipinski definition) is 0. The van der Waals surface area contributed by atoms with Gasteiger partial charge in [0.1, 0.15) is 0 Å². The maximum atomic E-state index is 5.45. The van der Waals surface area contributed by atoms with E-state index in [9.17, 15) is 0 Å². The van der Waals surface area contributed by atoms with Crippen molar-refractivity contribution in [2.45, 2.75) is 13.8 Å². The molecule has 0 bridgehead atoms. The Morgan fingerprint density at radius 1 is 0.275 bits per heavy atom. The zero-order valence-corrected chi connectivity index (χ0v) is 38.3. The number of rotatable bonds is 9. The molecule has 5 nitrogen and oxygen atoms in total. The molecule has 0 saturated heterocycles. The molecule has 0 saturated carbocycles. The van der Waals surface area contributed by atoms with E-state index in [0.29, 0.717) is 11.6 Å². The Labute approximate surface area is 401 Å². The van der Waals surface area contributed by atoms with Crippen molar-refractivity contribution in [3.05, 3.63) is 248 Å². The Balaban J connectivity index is 1.15. The molecule has 5 heteroatoms. The van der Waals surface area contributed by atoms with Gasteiger partial charge in [-0.3, -0.25) is 0 Å². The van der Waals surface area contributed by atoms with Crippen molar-refractivity contribution in [2.24, 2.45) is 0 Å². The van der Waals surface area contributed by atoms with Gasteiger partial charge in [0.15, 0.2) is 11.6 Å². The van der Waals surface area contributed by atoms with Crippen LogP contribution in [0.15, 0.2) is 237 Å². The lowest BCUT2D eigenvalue weighted by Gasteiger charge is -2.17. The van der Waals surface area contributed by atoms with Crippen molar-refractivity contribution >= 4 is 21.8 Å². The zero-order valence-electron chi connectivity index (χ0n) is 38.3. The third-order valence-electron chi connectivity index (χ3n) is 13.0. The normalized spacial score (nSPS) is 11.3. The second kappa shape index (κ2) is 17.6. The first kappa shape index (κ1) is 41.4. The van der Waals surface area contributed by atoms with Gasteiger partial charge in [-0.25, -0.2) is 19.9 Å². The molecular formula is C64H45N5. The molecule has 0 fully saturated rings. The second-order valence-corrected chi connectivity index (χ2v) is 17.7. The van der Waals surface area contributed by atoms with E-state index in [2.05, 4.69) is 206 Å². The minimum Gasteiger partial charge on any atom is -0.308 e. The molecule has 12 rings (SSSR count). The topological polar surface area (TPSA) is 56.5 Å². The standard InChI is InChI=1S/C64H45N5/c1-42-23-27-44(28-24-42)50-31-34-60-53(37-50)54-38-51(45-29-25-43(2)26-30-45)32-35-61(54)69(60)62-36-33-52(63-65-56(46-15-7-3-8-16-46)40-57(66-63)47-17-9-4-10-18-47)39-55(62)64-67-58(48-19-11-5-12-20-48)41-59(68-64)49-21-13-6-14-22-49/h3-41H,1-2H3. The molecule has 0 unspecified atom stereocenters. The Bertz CT molecular complexity index is 3590. The maximum absolute atomic E-state index is 5.45. The molecule has 0 spiro atoms. The SMILES string of the molecule is Cc1ccc(-c2ccc3c(c2)c2cc(-c4ccc(C)cc4)ccc2n3-c2ccc(-c3nc(-c4ccccc4)cc(-c4ccccc4)n3)cc2-c2nc(-c3ccccc3)cc(-c3ccccc3)n2)cc1. The molecule has 12 aromatic rings. The van der Waals surface area contributed by atoms with E-state index in [0.717, 1.165) is 94.8 Å². The van der Waals surface area contributed by atoms with Gasteiger partial charge in [-0.1, -0.05) is 193 Å². The summed E-state index contributed by atoms with van der Waals surface area (Å²) in [5, 5.41) is 2.31. The molecule has 0 N–H and O–H groups in total. The number of benzene rings is 9. The molecule has 0 aliphatic carbocycles. The lowest BCUT2D eigenvalue weighted by molar-refractivity contribution is 1.13. The third-order valence-corrected chi connectivity index (χ3v) is 13.0. The molecule has 9 aromatic carbocycles. The Morgan fingerprint density at radius 2 is 0.623 bits per heavy atom. The molecule has 0 radical (unpaired) electrons. The molecular weight excluding hydrogens is 839 g/mol. The van der Waals surface area contributed by atoms with Crippen LogP contribution in [0.1, 0.15) is 11.1 Å². The van der Waals surface area contributed by atoms with E-state index in [1.54, 1.807) is 0 Å². The van der Waals surface area contributed by atoms with E-state index < -0.39 is 0 Å². The van der Waals surface area contributed by atoms with E-state index in [-0.39, 0.29) is 0 Å². The molecule has 0 atom stereocenters. The van der Waals surface area contributed by atoms with Crippen LogP contribution >= 0.6 is 0 Å². The third kappa shape index (κ3) is 8.06. The molecule has 0 amide bonds. The van der Waals surface area contributed by atoms with Gasteiger partial charge in [0.25, 0.3) is 0 Å². The van der Waals surface area contributed by atoms with Crippen molar-refractivity contribution < 1.29 is 0 Å². The summed E-state index contributed by atoms with van der Waals surface area (Å²) < 4.78 is 2.39. The average Bonchev–Trinajstić information content (AvgIpc) is 3.74. The van der Waals surface area contributed by atoms with Gasteiger partial charge in [-0.05, 0) is 90.7 Å².